The van der Waals surface area contributed by atoms with Crippen LogP contribution in [0.2, 0.25) is 0 Å². The molecule has 1 rings (SSSR count). The fourth-order valence-corrected chi connectivity index (χ4v) is 1.30. The standard InChI is InChI=1S/C9H16O5/c1-2-12-9(11)14-6-8-5-7(10)3-4-13-8/h7-8,10H,2-6H2,1H3. The van der Waals surface area contributed by atoms with Crippen LogP contribution in [0.1, 0.15) is 19.8 Å². The lowest BCUT2D eigenvalue weighted by Crippen LogP contribution is -2.33. The zero-order valence-corrected chi connectivity index (χ0v) is 8.27. The Morgan fingerprint density at radius 3 is 3.00 bits per heavy atom. The van der Waals surface area contributed by atoms with Gasteiger partial charge in [0.25, 0.3) is 0 Å². The van der Waals surface area contributed by atoms with Crippen LogP contribution >= 0.6 is 0 Å². The van der Waals surface area contributed by atoms with Crippen molar-refractivity contribution in [2.75, 3.05) is 19.8 Å². The topological polar surface area (TPSA) is 65.0 Å². The summed E-state index contributed by atoms with van der Waals surface area (Å²) in [6.07, 6.45) is -0.0751. The minimum Gasteiger partial charge on any atom is -0.435 e. The van der Waals surface area contributed by atoms with Crippen LogP contribution < -0.4 is 0 Å². The van der Waals surface area contributed by atoms with Gasteiger partial charge in [0.15, 0.2) is 0 Å². The molecule has 0 spiro atoms. The molecule has 5 heteroatoms. The van der Waals surface area contributed by atoms with Gasteiger partial charge in [0.2, 0.25) is 0 Å². The van der Waals surface area contributed by atoms with Crippen LogP contribution in [0.25, 0.3) is 0 Å². The van der Waals surface area contributed by atoms with Crippen LogP contribution in [0.5, 0.6) is 0 Å². The molecular formula is C9H16O5. The number of aliphatic hydroxyl groups excluding tert-OH is 1. The summed E-state index contributed by atoms with van der Waals surface area (Å²) < 4.78 is 14.6. The van der Waals surface area contributed by atoms with Crippen LogP contribution in [0.4, 0.5) is 4.79 Å². The third-order valence-electron chi connectivity index (χ3n) is 1.99. The summed E-state index contributed by atoms with van der Waals surface area (Å²) in [5, 5.41) is 9.30. The van der Waals surface area contributed by atoms with Crippen molar-refractivity contribution in [1.82, 2.24) is 0 Å². The number of carbonyl (C=O) groups excluding carboxylic acids is 1. The second-order valence-electron chi connectivity index (χ2n) is 3.17. The first-order chi connectivity index (χ1) is 6.72. The van der Waals surface area contributed by atoms with Gasteiger partial charge in [0.1, 0.15) is 6.61 Å². The molecule has 1 N–H and O–H groups in total. The number of ether oxygens (including phenoxy) is 3. The van der Waals surface area contributed by atoms with Gasteiger partial charge in [-0.25, -0.2) is 4.79 Å². The molecule has 1 saturated heterocycles. The van der Waals surface area contributed by atoms with E-state index in [1.54, 1.807) is 6.92 Å². The second kappa shape index (κ2) is 5.82. The first kappa shape index (κ1) is 11.3. The molecule has 1 heterocycles. The largest absolute Gasteiger partial charge is 0.508 e. The summed E-state index contributed by atoms with van der Waals surface area (Å²) in [7, 11) is 0. The molecule has 1 fully saturated rings. The average molecular weight is 204 g/mol. The Kier molecular flexibility index (Phi) is 4.69. The van der Waals surface area contributed by atoms with Crippen molar-refractivity contribution in [3.63, 3.8) is 0 Å². The molecular weight excluding hydrogens is 188 g/mol. The minimum atomic E-state index is -0.684. The van der Waals surface area contributed by atoms with Crippen LogP contribution in [-0.2, 0) is 14.2 Å². The molecule has 0 aliphatic carbocycles. The highest BCUT2D eigenvalue weighted by Gasteiger charge is 2.22. The maximum absolute atomic E-state index is 10.8. The van der Waals surface area contributed by atoms with Crippen molar-refractivity contribution in [3.8, 4) is 0 Å². The maximum atomic E-state index is 10.8. The first-order valence-corrected chi connectivity index (χ1v) is 4.81. The summed E-state index contributed by atoms with van der Waals surface area (Å²) in [6.45, 7) is 2.67. The van der Waals surface area contributed by atoms with Gasteiger partial charge in [-0.1, -0.05) is 0 Å². The molecule has 0 aromatic heterocycles. The third-order valence-corrected chi connectivity index (χ3v) is 1.99. The van der Waals surface area contributed by atoms with E-state index in [1.807, 2.05) is 0 Å². The molecule has 2 atom stereocenters. The SMILES string of the molecule is CCOC(=O)OCC1CC(O)CCO1. The van der Waals surface area contributed by atoms with Gasteiger partial charge >= 0.3 is 6.16 Å². The Hall–Kier alpha value is -0.810. The Balaban J connectivity index is 2.14. The molecule has 1 aliphatic rings. The van der Waals surface area contributed by atoms with Crippen molar-refractivity contribution in [2.45, 2.75) is 32.0 Å². The van der Waals surface area contributed by atoms with Gasteiger partial charge in [-0.3, -0.25) is 0 Å². The van der Waals surface area contributed by atoms with Gasteiger partial charge in [-0.05, 0) is 13.3 Å². The van der Waals surface area contributed by atoms with E-state index >= 15 is 0 Å². The number of hydrogen-bond acceptors (Lipinski definition) is 5. The maximum Gasteiger partial charge on any atom is 0.508 e. The average Bonchev–Trinajstić information content (AvgIpc) is 2.15. The summed E-state index contributed by atoms with van der Waals surface area (Å²) in [5.74, 6) is 0. The van der Waals surface area contributed by atoms with Crippen LogP contribution in [0.15, 0.2) is 0 Å². The minimum absolute atomic E-state index is 0.149. The van der Waals surface area contributed by atoms with E-state index in [9.17, 15) is 9.90 Å². The van der Waals surface area contributed by atoms with Gasteiger partial charge in [-0.15, -0.1) is 0 Å². The third kappa shape index (κ3) is 3.93. The van der Waals surface area contributed by atoms with Crippen molar-refractivity contribution in [3.05, 3.63) is 0 Å². The number of hydrogen-bond donors (Lipinski definition) is 1. The zero-order chi connectivity index (χ0) is 10.4. The molecule has 0 saturated carbocycles. The molecule has 14 heavy (non-hydrogen) atoms. The quantitative estimate of drug-likeness (QED) is 0.685. The summed E-state index contributed by atoms with van der Waals surface area (Å²) in [4.78, 5) is 10.8. The van der Waals surface area contributed by atoms with Crippen molar-refractivity contribution >= 4 is 6.16 Å². The van der Waals surface area contributed by atoms with Crippen LogP contribution in [0, 0.1) is 0 Å². The predicted molar refractivity (Wildman–Crippen MR) is 48.0 cm³/mol. The summed E-state index contributed by atoms with van der Waals surface area (Å²) >= 11 is 0. The fraction of sp³-hybridized carbons (Fsp3) is 0.889. The predicted octanol–water partition coefficient (Wildman–Crippen LogP) is 0.699. The van der Waals surface area contributed by atoms with Crippen molar-refractivity contribution in [1.29, 1.82) is 0 Å². The van der Waals surface area contributed by atoms with Gasteiger partial charge in [0.05, 0.1) is 18.8 Å². The monoisotopic (exact) mass is 204 g/mol. The van der Waals surface area contributed by atoms with E-state index < -0.39 is 6.16 Å². The molecule has 0 aromatic carbocycles. The number of aliphatic hydroxyl groups is 1. The molecule has 0 amide bonds. The smallest absolute Gasteiger partial charge is 0.435 e. The molecule has 1 aliphatic heterocycles. The van der Waals surface area contributed by atoms with Crippen LogP contribution in [0.3, 0.4) is 0 Å². The molecule has 0 bridgehead atoms. The Bertz CT molecular complexity index is 182. The van der Waals surface area contributed by atoms with E-state index in [4.69, 9.17) is 9.47 Å². The van der Waals surface area contributed by atoms with Gasteiger partial charge in [-0.2, -0.15) is 0 Å². The molecule has 0 aromatic rings. The molecule has 0 radical (unpaired) electrons. The van der Waals surface area contributed by atoms with E-state index in [0.717, 1.165) is 0 Å². The van der Waals surface area contributed by atoms with E-state index in [1.165, 1.54) is 0 Å². The van der Waals surface area contributed by atoms with E-state index in [0.29, 0.717) is 26.1 Å². The highest BCUT2D eigenvalue weighted by Crippen LogP contribution is 2.13. The molecule has 5 nitrogen and oxygen atoms in total. The summed E-state index contributed by atoms with van der Waals surface area (Å²) in [6, 6.07) is 0. The highest BCUT2D eigenvalue weighted by molar-refractivity contribution is 5.59. The Morgan fingerprint density at radius 1 is 1.57 bits per heavy atom. The van der Waals surface area contributed by atoms with Gasteiger partial charge in [0, 0.05) is 13.0 Å². The molecule has 2 unspecified atom stereocenters. The lowest BCUT2D eigenvalue weighted by molar-refractivity contribution is -0.0735. The fourth-order valence-electron chi connectivity index (χ4n) is 1.30. The lowest BCUT2D eigenvalue weighted by Gasteiger charge is -2.25. The zero-order valence-electron chi connectivity index (χ0n) is 8.27. The Morgan fingerprint density at radius 2 is 2.36 bits per heavy atom. The van der Waals surface area contributed by atoms with E-state index in [-0.39, 0.29) is 18.8 Å². The Labute approximate surface area is 82.9 Å². The summed E-state index contributed by atoms with van der Waals surface area (Å²) in [5.41, 5.74) is 0. The number of rotatable bonds is 3. The highest BCUT2D eigenvalue weighted by atomic mass is 16.7. The van der Waals surface area contributed by atoms with Crippen molar-refractivity contribution in [2.24, 2.45) is 0 Å². The normalized spacial score (nSPS) is 27.0. The first-order valence-electron chi connectivity index (χ1n) is 4.81. The lowest BCUT2D eigenvalue weighted by atomic mass is 10.1. The molecule has 82 valence electrons. The number of carbonyl (C=O) groups is 1. The second-order valence-corrected chi connectivity index (χ2v) is 3.17. The van der Waals surface area contributed by atoms with E-state index in [2.05, 4.69) is 4.74 Å². The van der Waals surface area contributed by atoms with Crippen molar-refractivity contribution < 1.29 is 24.1 Å². The van der Waals surface area contributed by atoms with Gasteiger partial charge < -0.3 is 19.3 Å². The van der Waals surface area contributed by atoms with Crippen LogP contribution in [-0.4, -0.2) is 43.3 Å².